The van der Waals surface area contributed by atoms with Crippen LogP contribution in [0.2, 0.25) is 0 Å². The van der Waals surface area contributed by atoms with Crippen molar-refractivity contribution in [3.05, 3.63) is 65.7 Å². The first-order valence-electron chi connectivity index (χ1n) is 9.47. The zero-order valence-electron chi connectivity index (χ0n) is 15.7. The minimum absolute atomic E-state index is 0.00167. The molecule has 1 fully saturated rings. The minimum Gasteiger partial charge on any atom is -0.365 e. The third-order valence-electron chi connectivity index (χ3n) is 4.80. The molecule has 2 amide bonds. The lowest BCUT2D eigenvalue weighted by molar-refractivity contribution is -0.129. The van der Waals surface area contributed by atoms with E-state index >= 15 is 0 Å². The summed E-state index contributed by atoms with van der Waals surface area (Å²) < 4.78 is 5.59. The van der Waals surface area contributed by atoms with Crippen molar-refractivity contribution in [2.75, 3.05) is 24.6 Å². The van der Waals surface area contributed by atoms with Gasteiger partial charge in [0.1, 0.15) is 6.61 Å². The number of morpholine rings is 1. The number of hydrogen-bond donors (Lipinski definition) is 1. The second-order valence-corrected chi connectivity index (χ2v) is 6.75. The number of carbonyl (C=O) groups excluding carboxylic acids is 2. The van der Waals surface area contributed by atoms with Gasteiger partial charge in [0.05, 0.1) is 12.6 Å². The largest absolute Gasteiger partial charge is 0.365 e. The Kier molecular flexibility index (Phi) is 6.60. The maximum absolute atomic E-state index is 12.2. The normalized spacial score (nSPS) is 17.0. The number of benzene rings is 2. The molecule has 1 atom stereocenters. The number of ether oxygens (including phenoxy) is 1. The van der Waals surface area contributed by atoms with Crippen molar-refractivity contribution < 1.29 is 14.3 Å². The molecule has 2 aromatic carbocycles. The van der Waals surface area contributed by atoms with Gasteiger partial charge in [-0.1, -0.05) is 49.4 Å². The van der Waals surface area contributed by atoms with Crippen molar-refractivity contribution in [3.8, 4) is 0 Å². The first-order valence-corrected chi connectivity index (χ1v) is 9.47. The van der Waals surface area contributed by atoms with Crippen LogP contribution in [0.25, 0.3) is 0 Å². The summed E-state index contributed by atoms with van der Waals surface area (Å²) >= 11 is 0. The van der Waals surface area contributed by atoms with Crippen LogP contribution in [0.5, 0.6) is 0 Å². The molecule has 1 heterocycles. The predicted molar refractivity (Wildman–Crippen MR) is 106 cm³/mol. The minimum atomic E-state index is -0.200. The van der Waals surface area contributed by atoms with Crippen LogP contribution >= 0.6 is 0 Å². The third-order valence-corrected chi connectivity index (χ3v) is 4.80. The van der Waals surface area contributed by atoms with Crippen molar-refractivity contribution in [3.63, 3.8) is 0 Å². The lowest BCUT2D eigenvalue weighted by Gasteiger charge is -2.33. The number of nitrogens with one attached hydrogen (secondary N) is 1. The molecule has 1 aliphatic rings. The Morgan fingerprint density at radius 1 is 1.11 bits per heavy atom. The summed E-state index contributed by atoms with van der Waals surface area (Å²) in [6.45, 7) is 3.00. The van der Waals surface area contributed by atoms with Gasteiger partial charge in [0.15, 0.2) is 0 Å². The highest BCUT2D eigenvalue weighted by Crippen LogP contribution is 2.19. The van der Waals surface area contributed by atoms with Crippen LogP contribution in [0.1, 0.15) is 24.5 Å². The van der Waals surface area contributed by atoms with E-state index < -0.39 is 0 Å². The molecule has 1 N–H and O–H groups in total. The van der Waals surface area contributed by atoms with Crippen LogP contribution < -0.4 is 10.2 Å². The average Bonchev–Trinajstić information content (AvgIpc) is 2.72. The molecule has 2 aromatic rings. The van der Waals surface area contributed by atoms with Gasteiger partial charge in [-0.05, 0) is 36.1 Å². The SMILES string of the molecule is CCc1ccc(N2CC(CNC(=O)CCc3ccccc3)OCC2=O)cc1. The Hall–Kier alpha value is -2.66. The number of rotatable bonds is 7. The second-order valence-electron chi connectivity index (χ2n) is 6.75. The maximum atomic E-state index is 12.2. The van der Waals surface area contributed by atoms with E-state index in [9.17, 15) is 9.59 Å². The van der Waals surface area contributed by atoms with Crippen LogP contribution in [-0.2, 0) is 27.2 Å². The fourth-order valence-corrected chi connectivity index (χ4v) is 3.13. The Bertz CT molecular complexity index is 759. The van der Waals surface area contributed by atoms with Gasteiger partial charge in [0.25, 0.3) is 5.91 Å². The van der Waals surface area contributed by atoms with E-state index in [0.717, 1.165) is 17.7 Å². The first kappa shape index (κ1) is 19.1. The quantitative estimate of drug-likeness (QED) is 0.820. The zero-order valence-corrected chi connectivity index (χ0v) is 15.7. The molecule has 1 saturated heterocycles. The molecule has 0 radical (unpaired) electrons. The van der Waals surface area contributed by atoms with Gasteiger partial charge in [0, 0.05) is 18.7 Å². The Morgan fingerprint density at radius 3 is 2.56 bits per heavy atom. The van der Waals surface area contributed by atoms with Crippen LogP contribution in [0.3, 0.4) is 0 Å². The highest BCUT2D eigenvalue weighted by Gasteiger charge is 2.27. The average molecular weight is 366 g/mol. The predicted octanol–water partition coefficient (Wildman–Crippen LogP) is 2.73. The molecule has 27 heavy (non-hydrogen) atoms. The number of anilines is 1. The third kappa shape index (κ3) is 5.41. The fraction of sp³-hybridized carbons (Fsp3) is 0.364. The smallest absolute Gasteiger partial charge is 0.253 e. The lowest BCUT2D eigenvalue weighted by atomic mass is 10.1. The van der Waals surface area contributed by atoms with Crippen molar-refractivity contribution in [1.82, 2.24) is 5.32 Å². The Morgan fingerprint density at radius 2 is 1.85 bits per heavy atom. The molecular formula is C22H26N2O3. The monoisotopic (exact) mass is 366 g/mol. The number of hydrogen-bond acceptors (Lipinski definition) is 3. The molecule has 0 saturated carbocycles. The van der Waals surface area contributed by atoms with Gasteiger partial charge in [-0.2, -0.15) is 0 Å². The van der Waals surface area contributed by atoms with Gasteiger partial charge in [-0.15, -0.1) is 0 Å². The summed E-state index contributed by atoms with van der Waals surface area (Å²) in [7, 11) is 0. The topological polar surface area (TPSA) is 58.6 Å². The number of amides is 2. The van der Waals surface area contributed by atoms with Gasteiger partial charge in [-0.25, -0.2) is 0 Å². The lowest BCUT2D eigenvalue weighted by Crippen LogP contribution is -2.50. The van der Waals surface area contributed by atoms with Crippen molar-refractivity contribution in [2.24, 2.45) is 0 Å². The standard InChI is InChI=1S/C22H26N2O3/c1-2-17-8-11-19(12-9-17)24-15-20(27-16-22(24)26)14-23-21(25)13-10-18-6-4-3-5-7-18/h3-9,11-12,20H,2,10,13-16H2,1H3,(H,23,25). The highest BCUT2D eigenvalue weighted by molar-refractivity contribution is 5.95. The summed E-state index contributed by atoms with van der Waals surface area (Å²) in [6.07, 6.45) is 1.92. The Balaban J connectivity index is 1.48. The van der Waals surface area contributed by atoms with Gasteiger partial charge < -0.3 is 15.0 Å². The summed E-state index contributed by atoms with van der Waals surface area (Å²) in [5, 5.41) is 2.93. The van der Waals surface area contributed by atoms with E-state index in [-0.39, 0.29) is 24.5 Å². The molecule has 5 heteroatoms. The number of carbonyl (C=O) groups is 2. The zero-order chi connectivity index (χ0) is 19.1. The summed E-state index contributed by atoms with van der Waals surface area (Å²) in [5.74, 6) is -0.0518. The first-order chi connectivity index (χ1) is 13.2. The van der Waals surface area contributed by atoms with Crippen molar-refractivity contribution in [2.45, 2.75) is 32.3 Å². The molecule has 3 rings (SSSR count). The summed E-state index contributed by atoms with van der Waals surface area (Å²) in [4.78, 5) is 26.0. The van der Waals surface area contributed by atoms with Crippen LogP contribution in [0.15, 0.2) is 54.6 Å². The van der Waals surface area contributed by atoms with Crippen LogP contribution in [-0.4, -0.2) is 37.6 Å². The molecule has 1 aliphatic heterocycles. The molecule has 1 unspecified atom stereocenters. The molecule has 0 spiro atoms. The Labute approximate surface area is 160 Å². The van der Waals surface area contributed by atoms with Crippen LogP contribution in [0.4, 0.5) is 5.69 Å². The van der Waals surface area contributed by atoms with Crippen molar-refractivity contribution >= 4 is 17.5 Å². The molecular weight excluding hydrogens is 340 g/mol. The summed E-state index contributed by atoms with van der Waals surface area (Å²) in [6, 6.07) is 18.0. The number of aryl methyl sites for hydroxylation is 2. The fourth-order valence-electron chi connectivity index (χ4n) is 3.13. The van der Waals surface area contributed by atoms with Gasteiger partial charge >= 0.3 is 0 Å². The maximum Gasteiger partial charge on any atom is 0.253 e. The molecule has 0 aromatic heterocycles. The van der Waals surface area contributed by atoms with Crippen molar-refractivity contribution in [1.29, 1.82) is 0 Å². The van der Waals surface area contributed by atoms with E-state index in [1.54, 1.807) is 4.90 Å². The van der Waals surface area contributed by atoms with E-state index in [1.807, 2.05) is 54.6 Å². The van der Waals surface area contributed by atoms with Crippen LogP contribution in [0, 0.1) is 0 Å². The number of nitrogens with zero attached hydrogens (tertiary/aromatic N) is 1. The van der Waals surface area contributed by atoms with E-state index in [4.69, 9.17) is 4.74 Å². The molecule has 0 bridgehead atoms. The van der Waals surface area contributed by atoms with E-state index in [2.05, 4.69) is 12.2 Å². The van der Waals surface area contributed by atoms with Gasteiger partial charge in [0.2, 0.25) is 5.91 Å². The van der Waals surface area contributed by atoms with E-state index in [1.165, 1.54) is 5.56 Å². The highest BCUT2D eigenvalue weighted by atomic mass is 16.5. The second kappa shape index (κ2) is 9.33. The molecule has 5 nitrogen and oxygen atoms in total. The summed E-state index contributed by atoms with van der Waals surface area (Å²) in [5.41, 5.74) is 3.26. The molecule has 0 aliphatic carbocycles. The van der Waals surface area contributed by atoms with Gasteiger partial charge in [-0.3, -0.25) is 9.59 Å². The van der Waals surface area contributed by atoms with E-state index in [0.29, 0.717) is 25.9 Å². The molecule has 142 valence electrons.